The molecule has 1 fully saturated rings. The summed E-state index contributed by atoms with van der Waals surface area (Å²) in [6.45, 7) is 7.51. The molecule has 1 aliphatic heterocycles. The van der Waals surface area contributed by atoms with Gasteiger partial charge in [-0.3, -0.25) is 4.90 Å². The normalized spacial score (nSPS) is 23.3. The summed E-state index contributed by atoms with van der Waals surface area (Å²) in [7, 11) is 2.02. The lowest BCUT2D eigenvalue weighted by atomic mass is 9.87. The van der Waals surface area contributed by atoms with Crippen LogP contribution in [0.25, 0.3) is 11.0 Å². The van der Waals surface area contributed by atoms with Gasteiger partial charge in [-0.25, -0.2) is 0 Å². The van der Waals surface area contributed by atoms with Crippen LogP contribution in [0.1, 0.15) is 32.8 Å². The minimum Gasteiger partial charge on any atom is -0.473 e. The van der Waals surface area contributed by atoms with Gasteiger partial charge in [0.1, 0.15) is 11.8 Å². The molecule has 0 spiro atoms. The van der Waals surface area contributed by atoms with Crippen LogP contribution in [0, 0.1) is 0 Å². The average Bonchev–Trinajstić information content (AvgIpc) is 3.02. The van der Waals surface area contributed by atoms with Crippen molar-refractivity contribution >= 4 is 11.0 Å². The summed E-state index contributed by atoms with van der Waals surface area (Å²) in [4.78, 5) is 9.98. The minimum atomic E-state index is -0.0331. The van der Waals surface area contributed by atoms with Gasteiger partial charge in [0.05, 0.1) is 6.61 Å². The molecule has 3 rings (SSSR count). The molecule has 0 saturated carbocycles. The molecule has 120 valence electrons. The van der Waals surface area contributed by atoms with Crippen LogP contribution in [0.15, 0.2) is 18.3 Å². The number of rotatable bonds is 3. The molecule has 0 amide bonds. The third-order valence-electron chi connectivity index (χ3n) is 4.45. The molecular weight excluding hydrogens is 278 g/mol. The van der Waals surface area contributed by atoms with Crippen molar-refractivity contribution in [2.45, 2.75) is 44.8 Å². The van der Waals surface area contributed by atoms with Gasteiger partial charge in [0, 0.05) is 36.2 Å². The second-order valence-corrected chi connectivity index (χ2v) is 7.26. The Kier molecular flexibility index (Phi) is 3.87. The maximum absolute atomic E-state index is 9.40. The number of ether oxygens (including phenoxy) is 1. The third-order valence-corrected chi connectivity index (χ3v) is 4.45. The summed E-state index contributed by atoms with van der Waals surface area (Å²) < 4.78 is 6.23. The average molecular weight is 303 g/mol. The molecule has 0 aliphatic carbocycles. The molecule has 2 aromatic heterocycles. The van der Waals surface area contributed by atoms with E-state index >= 15 is 0 Å². The Bertz CT molecular complexity index is 659. The first-order chi connectivity index (χ1) is 10.4. The number of aromatic amines is 1. The first-order valence-corrected chi connectivity index (χ1v) is 7.85. The van der Waals surface area contributed by atoms with Crippen molar-refractivity contribution in [3.05, 3.63) is 23.9 Å². The maximum Gasteiger partial charge on any atom is 0.219 e. The maximum atomic E-state index is 9.40. The van der Waals surface area contributed by atoms with Crippen LogP contribution in [0.3, 0.4) is 0 Å². The van der Waals surface area contributed by atoms with E-state index in [1.165, 1.54) is 0 Å². The number of likely N-dealkylation sites (tertiary alicyclic amines) is 1. The van der Waals surface area contributed by atoms with Crippen LogP contribution in [0.4, 0.5) is 0 Å². The smallest absolute Gasteiger partial charge is 0.219 e. The summed E-state index contributed by atoms with van der Waals surface area (Å²) in [6, 6.07) is 4.38. The van der Waals surface area contributed by atoms with E-state index in [9.17, 15) is 5.11 Å². The molecule has 2 N–H and O–H groups in total. The second-order valence-electron chi connectivity index (χ2n) is 7.26. The van der Waals surface area contributed by atoms with E-state index in [1.54, 1.807) is 0 Å². The van der Waals surface area contributed by atoms with Gasteiger partial charge in [-0.15, -0.1) is 0 Å². The molecule has 0 radical (unpaired) electrons. The van der Waals surface area contributed by atoms with Crippen molar-refractivity contribution in [1.29, 1.82) is 0 Å². The van der Waals surface area contributed by atoms with Gasteiger partial charge in [-0.05, 0) is 24.6 Å². The van der Waals surface area contributed by atoms with Crippen LogP contribution >= 0.6 is 0 Å². The monoisotopic (exact) mass is 303 g/mol. The molecule has 22 heavy (non-hydrogen) atoms. The lowest BCUT2D eigenvalue weighted by molar-refractivity contribution is 0.181. The molecule has 2 unspecified atom stereocenters. The topological polar surface area (TPSA) is 61.4 Å². The summed E-state index contributed by atoms with van der Waals surface area (Å²) >= 11 is 0. The van der Waals surface area contributed by atoms with E-state index in [1.807, 2.05) is 19.3 Å². The van der Waals surface area contributed by atoms with Gasteiger partial charge < -0.3 is 14.8 Å². The van der Waals surface area contributed by atoms with Gasteiger partial charge in [0.15, 0.2) is 0 Å². The number of hydrogen-bond donors (Lipinski definition) is 2. The van der Waals surface area contributed by atoms with Crippen molar-refractivity contribution in [2.75, 3.05) is 20.2 Å². The van der Waals surface area contributed by atoms with Crippen LogP contribution < -0.4 is 4.74 Å². The van der Waals surface area contributed by atoms with E-state index in [-0.39, 0.29) is 24.2 Å². The summed E-state index contributed by atoms with van der Waals surface area (Å²) in [5, 5.41) is 10.5. The van der Waals surface area contributed by atoms with E-state index in [4.69, 9.17) is 4.74 Å². The molecule has 0 bridgehead atoms. The number of aliphatic hydroxyl groups excluding tert-OH is 1. The molecular formula is C17H25N3O2. The number of pyridine rings is 1. The second kappa shape index (κ2) is 5.56. The molecule has 3 heterocycles. The standard InChI is InChI=1S/C17H25N3O2/c1-17(2,3)14-7-11-5-6-18-15(11)19-16(14)22-13-8-12(10-21)20(4)9-13/h5-7,12-13,21H,8-10H2,1-4H3,(H,18,19). The highest BCUT2D eigenvalue weighted by Crippen LogP contribution is 2.34. The largest absolute Gasteiger partial charge is 0.473 e. The highest BCUT2D eigenvalue weighted by Gasteiger charge is 2.32. The zero-order chi connectivity index (χ0) is 15.9. The van der Waals surface area contributed by atoms with E-state index in [0.717, 1.165) is 29.6 Å². The molecule has 0 aromatic carbocycles. The zero-order valence-corrected chi connectivity index (χ0v) is 13.8. The molecule has 5 nitrogen and oxygen atoms in total. The Morgan fingerprint density at radius 2 is 2.23 bits per heavy atom. The number of nitrogens with zero attached hydrogens (tertiary/aromatic N) is 2. The first kappa shape index (κ1) is 15.3. The fraction of sp³-hybridized carbons (Fsp3) is 0.588. The fourth-order valence-electron chi connectivity index (χ4n) is 3.08. The molecule has 2 atom stereocenters. The van der Waals surface area contributed by atoms with Gasteiger partial charge in [-0.1, -0.05) is 20.8 Å². The highest BCUT2D eigenvalue weighted by molar-refractivity contribution is 5.77. The Balaban J connectivity index is 1.92. The van der Waals surface area contributed by atoms with Crippen LogP contribution in [0.5, 0.6) is 5.88 Å². The van der Waals surface area contributed by atoms with Crippen molar-refractivity contribution in [3.8, 4) is 5.88 Å². The van der Waals surface area contributed by atoms with Crippen molar-refractivity contribution in [3.63, 3.8) is 0 Å². The lowest BCUT2D eigenvalue weighted by Gasteiger charge is -2.24. The number of likely N-dealkylation sites (N-methyl/N-ethyl adjacent to an activating group) is 1. The Morgan fingerprint density at radius 3 is 2.86 bits per heavy atom. The van der Waals surface area contributed by atoms with E-state index < -0.39 is 0 Å². The Hall–Kier alpha value is -1.59. The molecule has 5 heteroatoms. The third kappa shape index (κ3) is 2.83. The zero-order valence-electron chi connectivity index (χ0n) is 13.8. The number of H-pyrrole nitrogens is 1. The predicted molar refractivity (Wildman–Crippen MR) is 87.3 cm³/mol. The van der Waals surface area contributed by atoms with Crippen LogP contribution in [-0.2, 0) is 5.41 Å². The molecule has 1 aliphatic rings. The predicted octanol–water partition coefficient (Wildman–Crippen LogP) is 2.30. The van der Waals surface area contributed by atoms with Gasteiger partial charge in [0.2, 0.25) is 5.88 Å². The number of nitrogens with one attached hydrogen (secondary N) is 1. The summed E-state index contributed by atoms with van der Waals surface area (Å²) in [5.41, 5.74) is 1.94. The number of hydrogen-bond acceptors (Lipinski definition) is 4. The van der Waals surface area contributed by atoms with E-state index in [0.29, 0.717) is 5.88 Å². The highest BCUT2D eigenvalue weighted by atomic mass is 16.5. The Labute approximate surface area is 131 Å². The Morgan fingerprint density at radius 1 is 1.45 bits per heavy atom. The quantitative estimate of drug-likeness (QED) is 0.913. The fourth-order valence-corrected chi connectivity index (χ4v) is 3.08. The number of aromatic nitrogens is 2. The molecule has 1 saturated heterocycles. The van der Waals surface area contributed by atoms with E-state index in [2.05, 4.69) is 41.7 Å². The van der Waals surface area contributed by atoms with Gasteiger partial charge in [0.25, 0.3) is 0 Å². The van der Waals surface area contributed by atoms with Gasteiger partial charge >= 0.3 is 0 Å². The first-order valence-electron chi connectivity index (χ1n) is 7.85. The number of aliphatic hydroxyl groups is 1. The molecule has 2 aromatic rings. The SMILES string of the molecule is CN1CC(Oc2nc3[nH]ccc3cc2C(C)(C)C)CC1CO. The minimum absolute atomic E-state index is 0.0331. The number of fused-ring (bicyclic) bond motifs is 1. The van der Waals surface area contributed by atoms with Crippen LogP contribution in [-0.4, -0.2) is 52.3 Å². The van der Waals surface area contributed by atoms with Gasteiger partial charge in [-0.2, -0.15) is 4.98 Å². The van der Waals surface area contributed by atoms with Crippen molar-refractivity contribution in [2.24, 2.45) is 0 Å². The summed E-state index contributed by atoms with van der Waals surface area (Å²) in [6.07, 6.45) is 2.81. The van der Waals surface area contributed by atoms with Crippen LogP contribution in [0.2, 0.25) is 0 Å². The van der Waals surface area contributed by atoms with Crippen molar-refractivity contribution in [1.82, 2.24) is 14.9 Å². The lowest BCUT2D eigenvalue weighted by Crippen LogP contribution is -2.28. The summed E-state index contributed by atoms with van der Waals surface area (Å²) in [5.74, 6) is 0.708. The van der Waals surface area contributed by atoms with Crippen molar-refractivity contribution < 1.29 is 9.84 Å².